The van der Waals surface area contributed by atoms with Gasteiger partial charge in [0.15, 0.2) is 5.78 Å². The third-order valence-corrected chi connectivity index (χ3v) is 5.48. The summed E-state index contributed by atoms with van der Waals surface area (Å²) in [5.74, 6) is -0.169. The predicted octanol–water partition coefficient (Wildman–Crippen LogP) is 6.34. The Bertz CT molecular complexity index is 1150. The van der Waals surface area contributed by atoms with Gasteiger partial charge in [0.1, 0.15) is 0 Å². The molecule has 0 aliphatic carbocycles. The van der Waals surface area contributed by atoms with Crippen molar-refractivity contribution in [3.8, 4) is 0 Å². The topological polar surface area (TPSA) is 42.9 Å². The first-order valence-corrected chi connectivity index (χ1v) is 9.60. The van der Waals surface area contributed by atoms with Gasteiger partial charge in [-0.3, -0.25) is 14.8 Å². The van der Waals surface area contributed by atoms with Crippen molar-refractivity contribution >= 4 is 39.8 Å². The van der Waals surface area contributed by atoms with Crippen molar-refractivity contribution < 1.29 is 4.79 Å². The van der Waals surface area contributed by atoms with Gasteiger partial charge < -0.3 is 0 Å². The summed E-state index contributed by atoms with van der Waals surface area (Å²) in [6, 6.07) is 18.7. The fourth-order valence-electron chi connectivity index (χ4n) is 3.26. The van der Waals surface area contributed by atoms with Gasteiger partial charge in [-0.2, -0.15) is 0 Å². The highest BCUT2D eigenvalue weighted by Crippen LogP contribution is 2.32. The highest BCUT2D eigenvalue weighted by molar-refractivity contribution is 6.42. The first-order chi connectivity index (χ1) is 13.6. The number of hydrogen-bond acceptors (Lipinski definition) is 3. The number of carbonyl (C=O) groups excluding carboxylic acids is 1. The number of carbonyl (C=O) groups is 1. The molecule has 2 aromatic heterocycles. The van der Waals surface area contributed by atoms with Crippen molar-refractivity contribution in [2.24, 2.45) is 0 Å². The minimum absolute atomic E-state index is 0.0421. The molecule has 1 atom stereocenters. The van der Waals surface area contributed by atoms with Crippen LogP contribution >= 0.6 is 23.2 Å². The number of aromatic nitrogens is 2. The van der Waals surface area contributed by atoms with E-state index in [9.17, 15) is 4.79 Å². The summed E-state index contributed by atoms with van der Waals surface area (Å²) in [4.78, 5) is 21.7. The molecule has 0 aliphatic rings. The molecule has 2 heterocycles. The van der Waals surface area contributed by atoms with Crippen LogP contribution in [-0.4, -0.2) is 15.8 Å². The largest absolute Gasteiger partial charge is 0.294 e. The van der Waals surface area contributed by atoms with Gasteiger partial charge in [0, 0.05) is 47.6 Å². The quantitative estimate of drug-likeness (QED) is 0.363. The highest BCUT2D eigenvalue weighted by atomic mass is 35.5. The second-order valence-corrected chi connectivity index (χ2v) is 7.36. The van der Waals surface area contributed by atoms with E-state index in [4.69, 9.17) is 23.2 Å². The molecule has 138 valence electrons. The number of ketones is 1. The van der Waals surface area contributed by atoms with Gasteiger partial charge >= 0.3 is 0 Å². The maximum absolute atomic E-state index is 13.1. The Labute approximate surface area is 173 Å². The number of pyridine rings is 2. The molecule has 1 unspecified atom stereocenters. The van der Waals surface area contributed by atoms with Gasteiger partial charge in [-0.15, -0.1) is 0 Å². The van der Waals surface area contributed by atoms with Crippen molar-refractivity contribution in [2.75, 3.05) is 0 Å². The van der Waals surface area contributed by atoms with Gasteiger partial charge in [-0.25, -0.2) is 0 Å². The first kappa shape index (κ1) is 18.6. The van der Waals surface area contributed by atoms with Crippen LogP contribution < -0.4 is 0 Å². The number of hydrogen-bond donors (Lipinski definition) is 0. The molecule has 0 N–H and O–H groups in total. The molecule has 0 amide bonds. The molecule has 4 rings (SSSR count). The molecule has 0 saturated carbocycles. The molecule has 28 heavy (non-hydrogen) atoms. The molecule has 0 radical (unpaired) electrons. The normalized spacial score (nSPS) is 12.1. The van der Waals surface area contributed by atoms with Crippen molar-refractivity contribution in [3.63, 3.8) is 0 Å². The molecule has 0 spiro atoms. The van der Waals surface area contributed by atoms with E-state index in [1.165, 1.54) is 0 Å². The Morgan fingerprint density at radius 2 is 1.79 bits per heavy atom. The van der Waals surface area contributed by atoms with Gasteiger partial charge in [-0.05, 0) is 47.3 Å². The summed E-state index contributed by atoms with van der Waals surface area (Å²) >= 11 is 12.3. The second-order valence-electron chi connectivity index (χ2n) is 6.55. The van der Waals surface area contributed by atoms with E-state index in [2.05, 4.69) is 9.97 Å². The van der Waals surface area contributed by atoms with E-state index < -0.39 is 0 Å². The van der Waals surface area contributed by atoms with Gasteiger partial charge in [0.25, 0.3) is 0 Å². The standard InChI is InChI=1S/C23H16Cl2N2O/c24-20-7-6-16(12-21(20)25)19(22-3-1-2-9-27-22)13-23(28)17-4-5-18-14-26-10-8-15(18)11-17/h1-12,14,19H,13H2. The van der Waals surface area contributed by atoms with Crippen LogP contribution in [0.2, 0.25) is 10.0 Å². The fraction of sp³-hybridized carbons (Fsp3) is 0.0870. The molecule has 3 nitrogen and oxygen atoms in total. The van der Waals surface area contributed by atoms with Crippen LogP contribution in [-0.2, 0) is 0 Å². The maximum Gasteiger partial charge on any atom is 0.163 e. The predicted molar refractivity (Wildman–Crippen MR) is 113 cm³/mol. The minimum atomic E-state index is -0.211. The molecule has 0 saturated heterocycles. The Balaban J connectivity index is 1.70. The number of benzene rings is 2. The van der Waals surface area contributed by atoms with Crippen LogP contribution in [0.4, 0.5) is 0 Å². The lowest BCUT2D eigenvalue weighted by Crippen LogP contribution is -2.10. The van der Waals surface area contributed by atoms with Crippen LogP contribution in [0, 0.1) is 0 Å². The molecule has 0 aliphatic heterocycles. The lowest BCUT2D eigenvalue weighted by molar-refractivity contribution is 0.0977. The Hall–Kier alpha value is -2.75. The zero-order valence-corrected chi connectivity index (χ0v) is 16.4. The summed E-state index contributed by atoms with van der Waals surface area (Å²) < 4.78 is 0. The molecule has 4 aromatic rings. The monoisotopic (exact) mass is 406 g/mol. The van der Waals surface area contributed by atoms with Crippen molar-refractivity contribution in [1.29, 1.82) is 0 Å². The third kappa shape index (κ3) is 3.91. The summed E-state index contributed by atoms with van der Waals surface area (Å²) in [5.41, 5.74) is 2.39. The number of halogens is 2. The third-order valence-electron chi connectivity index (χ3n) is 4.74. The average Bonchev–Trinajstić information content (AvgIpc) is 2.74. The van der Waals surface area contributed by atoms with Crippen LogP contribution in [0.5, 0.6) is 0 Å². The summed E-state index contributed by atoms with van der Waals surface area (Å²) in [7, 11) is 0. The van der Waals surface area contributed by atoms with Crippen molar-refractivity contribution in [2.45, 2.75) is 12.3 Å². The van der Waals surface area contributed by atoms with Crippen LogP contribution in [0.1, 0.15) is 34.0 Å². The zero-order chi connectivity index (χ0) is 19.5. The molecular formula is C23H16Cl2N2O. The van der Waals surface area contributed by atoms with E-state index in [1.807, 2.05) is 54.6 Å². The van der Waals surface area contributed by atoms with Gasteiger partial charge in [0.05, 0.1) is 10.0 Å². The Kier molecular flexibility index (Phi) is 5.38. The molecule has 0 fully saturated rings. The summed E-state index contributed by atoms with van der Waals surface area (Å²) in [6.07, 6.45) is 5.53. The Morgan fingerprint density at radius 3 is 2.57 bits per heavy atom. The van der Waals surface area contributed by atoms with E-state index >= 15 is 0 Å². The van der Waals surface area contributed by atoms with E-state index in [0.29, 0.717) is 15.6 Å². The van der Waals surface area contributed by atoms with Crippen molar-refractivity contribution in [3.05, 3.63) is 106 Å². The lowest BCUT2D eigenvalue weighted by atomic mass is 9.88. The van der Waals surface area contributed by atoms with Crippen LogP contribution in [0.15, 0.2) is 79.3 Å². The van der Waals surface area contributed by atoms with E-state index in [0.717, 1.165) is 22.0 Å². The molecule has 0 bridgehead atoms. The minimum Gasteiger partial charge on any atom is -0.294 e. The smallest absolute Gasteiger partial charge is 0.163 e. The Morgan fingerprint density at radius 1 is 0.893 bits per heavy atom. The lowest BCUT2D eigenvalue weighted by Gasteiger charge is -2.17. The maximum atomic E-state index is 13.1. The summed E-state index contributed by atoms with van der Waals surface area (Å²) in [6.45, 7) is 0. The van der Waals surface area contributed by atoms with Gasteiger partial charge in [0.2, 0.25) is 0 Å². The van der Waals surface area contributed by atoms with Gasteiger partial charge in [-0.1, -0.05) is 47.5 Å². The average molecular weight is 407 g/mol. The first-order valence-electron chi connectivity index (χ1n) is 8.84. The highest BCUT2D eigenvalue weighted by Gasteiger charge is 2.21. The number of Topliss-reactive ketones (excluding diaryl/α,β-unsaturated/α-hetero) is 1. The molecule has 5 heteroatoms. The second kappa shape index (κ2) is 8.09. The number of fused-ring (bicyclic) bond motifs is 1. The fourth-order valence-corrected chi connectivity index (χ4v) is 3.57. The SMILES string of the molecule is O=C(CC(c1ccc(Cl)c(Cl)c1)c1ccccn1)c1ccc2cnccc2c1. The van der Waals surface area contributed by atoms with E-state index in [-0.39, 0.29) is 18.1 Å². The molecular weight excluding hydrogens is 391 g/mol. The van der Waals surface area contributed by atoms with E-state index in [1.54, 1.807) is 24.7 Å². The zero-order valence-electron chi connectivity index (χ0n) is 14.8. The number of nitrogens with zero attached hydrogens (tertiary/aromatic N) is 2. The van der Waals surface area contributed by atoms with Crippen molar-refractivity contribution in [1.82, 2.24) is 9.97 Å². The molecule has 2 aromatic carbocycles. The summed E-state index contributed by atoms with van der Waals surface area (Å²) in [5, 5.41) is 2.94. The number of rotatable bonds is 5. The van der Waals surface area contributed by atoms with Crippen LogP contribution in [0.25, 0.3) is 10.8 Å². The van der Waals surface area contributed by atoms with Crippen LogP contribution in [0.3, 0.4) is 0 Å².